The molecule has 1 nitrogen and oxygen atoms in total. The number of rotatable bonds is 2. The Morgan fingerprint density at radius 3 is 2.29 bits per heavy atom. The summed E-state index contributed by atoms with van der Waals surface area (Å²) in [5.74, 6) is 2.01. The molecule has 0 aliphatic heterocycles. The van der Waals surface area contributed by atoms with Crippen LogP contribution < -0.4 is 0 Å². The van der Waals surface area contributed by atoms with Gasteiger partial charge in [-0.2, -0.15) is 0 Å². The predicted molar refractivity (Wildman–Crippen MR) is 71.8 cm³/mol. The monoisotopic (exact) mass is 232 g/mol. The number of aliphatic hydroxyl groups is 1. The molecule has 17 heavy (non-hydrogen) atoms. The Kier molecular flexibility index (Phi) is 3.88. The zero-order chi connectivity index (χ0) is 12.4. The molecule has 1 fully saturated rings. The van der Waals surface area contributed by atoms with Gasteiger partial charge in [-0.3, -0.25) is 0 Å². The first-order valence-electron chi connectivity index (χ1n) is 6.82. The number of benzene rings is 1. The van der Waals surface area contributed by atoms with E-state index in [1.54, 1.807) is 0 Å². The van der Waals surface area contributed by atoms with Gasteiger partial charge in [0.15, 0.2) is 0 Å². The molecule has 1 aromatic rings. The topological polar surface area (TPSA) is 20.2 Å². The first-order chi connectivity index (χ1) is 8.08. The van der Waals surface area contributed by atoms with Crippen molar-refractivity contribution in [3.63, 3.8) is 0 Å². The third-order valence-corrected chi connectivity index (χ3v) is 4.50. The van der Waals surface area contributed by atoms with Crippen LogP contribution in [0.15, 0.2) is 24.3 Å². The second-order valence-electron chi connectivity index (χ2n) is 5.88. The zero-order valence-corrected chi connectivity index (χ0v) is 11.2. The standard InChI is InChI=1S/C16H24O/c1-11-4-7-14(8-5-11)16(17)15-9-6-12(2)13(3)10-15/h4-5,7-8,12-13,15-17H,6,9-10H2,1-3H3. The van der Waals surface area contributed by atoms with Gasteiger partial charge < -0.3 is 5.11 Å². The SMILES string of the molecule is Cc1ccc(C(O)C2CCC(C)C(C)C2)cc1. The van der Waals surface area contributed by atoms with Gasteiger partial charge in [0.1, 0.15) is 0 Å². The Bertz CT molecular complexity index is 354. The van der Waals surface area contributed by atoms with Crippen LogP contribution in [-0.2, 0) is 0 Å². The number of hydrogen-bond acceptors (Lipinski definition) is 1. The predicted octanol–water partition coefficient (Wildman–Crippen LogP) is 4.10. The van der Waals surface area contributed by atoms with E-state index in [4.69, 9.17) is 0 Å². The molecule has 0 spiro atoms. The molecule has 0 amide bonds. The number of hydrogen-bond donors (Lipinski definition) is 1. The van der Waals surface area contributed by atoms with Crippen LogP contribution in [0.2, 0.25) is 0 Å². The minimum absolute atomic E-state index is 0.273. The van der Waals surface area contributed by atoms with Crippen molar-refractivity contribution in [2.45, 2.75) is 46.1 Å². The quantitative estimate of drug-likeness (QED) is 0.814. The van der Waals surface area contributed by atoms with Gasteiger partial charge in [-0.05, 0) is 43.1 Å². The Labute approximate surface area is 105 Å². The van der Waals surface area contributed by atoms with Crippen molar-refractivity contribution in [3.8, 4) is 0 Å². The van der Waals surface area contributed by atoms with Crippen molar-refractivity contribution in [1.82, 2.24) is 0 Å². The highest BCUT2D eigenvalue weighted by Crippen LogP contribution is 2.39. The molecule has 4 unspecified atom stereocenters. The summed E-state index contributed by atoms with van der Waals surface area (Å²) in [5, 5.41) is 10.4. The van der Waals surface area contributed by atoms with E-state index >= 15 is 0 Å². The van der Waals surface area contributed by atoms with Gasteiger partial charge in [0.25, 0.3) is 0 Å². The molecule has 0 bridgehead atoms. The lowest BCUT2D eigenvalue weighted by atomic mass is 9.73. The molecule has 1 N–H and O–H groups in total. The zero-order valence-electron chi connectivity index (χ0n) is 11.2. The Morgan fingerprint density at radius 2 is 1.71 bits per heavy atom. The van der Waals surface area contributed by atoms with Crippen LogP contribution in [-0.4, -0.2) is 5.11 Å². The van der Waals surface area contributed by atoms with Crippen LogP contribution in [0.25, 0.3) is 0 Å². The molecule has 4 atom stereocenters. The fourth-order valence-electron chi connectivity index (χ4n) is 2.91. The van der Waals surface area contributed by atoms with Crippen LogP contribution in [0.4, 0.5) is 0 Å². The van der Waals surface area contributed by atoms with Crippen LogP contribution in [0.5, 0.6) is 0 Å². The summed E-state index contributed by atoms with van der Waals surface area (Å²) in [5.41, 5.74) is 2.34. The molecule has 0 heterocycles. The second-order valence-corrected chi connectivity index (χ2v) is 5.88. The summed E-state index contributed by atoms with van der Waals surface area (Å²) in [6.07, 6.45) is 3.32. The molecular weight excluding hydrogens is 208 g/mol. The van der Waals surface area contributed by atoms with E-state index in [1.165, 1.54) is 18.4 Å². The summed E-state index contributed by atoms with van der Waals surface area (Å²) in [6.45, 7) is 6.73. The van der Waals surface area contributed by atoms with Gasteiger partial charge in [0.2, 0.25) is 0 Å². The minimum Gasteiger partial charge on any atom is -0.388 e. The van der Waals surface area contributed by atoms with Gasteiger partial charge in [0, 0.05) is 0 Å². The van der Waals surface area contributed by atoms with Crippen LogP contribution >= 0.6 is 0 Å². The lowest BCUT2D eigenvalue weighted by molar-refractivity contribution is 0.0561. The Balaban J connectivity index is 2.05. The third kappa shape index (κ3) is 2.90. The highest BCUT2D eigenvalue weighted by molar-refractivity contribution is 5.23. The van der Waals surface area contributed by atoms with Crippen molar-refractivity contribution in [1.29, 1.82) is 0 Å². The van der Waals surface area contributed by atoms with Gasteiger partial charge in [0.05, 0.1) is 6.10 Å². The van der Waals surface area contributed by atoms with Crippen molar-refractivity contribution >= 4 is 0 Å². The molecule has 1 aliphatic carbocycles. The van der Waals surface area contributed by atoms with E-state index in [0.717, 1.165) is 23.8 Å². The number of aliphatic hydroxyl groups excluding tert-OH is 1. The molecule has 0 aromatic heterocycles. The normalized spacial score (nSPS) is 31.2. The molecule has 1 aliphatic rings. The molecule has 0 saturated heterocycles. The molecule has 2 rings (SSSR count). The fourth-order valence-corrected chi connectivity index (χ4v) is 2.91. The lowest BCUT2D eigenvalue weighted by Crippen LogP contribution is -2.25. The molecule has 1 heteroatoms. The molecular formula is C16H24O. The average molecular weight is 232 g/mol. The summed E-state index contributed by atoms with van der Waals surface area (Å²) in [6, 6.07) is 8.33. The van der Waals surface area contributed by atoms with E-state index in [0.29, 0.717) is 5.92 Å². The lowest BCUT2D eigenvalue weighted by Gasteiger charge is -2.34. The smallest absolute Gasteiger partial charge is 0.0818 e. The highest BCUT2D eigenvalue weighted by Gasteiger charge is 2.29. The van der Waals surface area contributed by atoms with E-state index in [-0.39, 0.29) is 6.10 Å². The first kappa shape index (κ1) is 12.6. The van der Waals surface area contributed by atoms with Crippen molar-refractivity contribution < 1.29 is 5.11 Å². The summed E-state index contributed by atoms with van der Waals surface area (Å²) in [4.78, 5) is 0. The molecule has 1 saturated carbocycles. The maximum Gasteiger partial charge on any atom is 0.0818 e. The maximum atomic E-state index is 10.4. The maximum absolute atomic E-state index is 10.4. The molecule has 0 radical (unpaired) electrons. The van der Waals surface area contributed by atoms with Crippen molar-refractivity contribution in [3.05, 3.63) is 35.4 Å². The Hall–Kier alpha value is -0.820. The Morgan fingerprint density at radius 1 is 1.06 bits per heavy atom. The van der Waals surface area contributed by atoms with Crippen LogP contribution in [0.1, 0.15) is 50.3 Å². The average Bonchev–Trinajstić information content (AvgIpc) is 2.33. The third-order valence-electron chi connectivity index (χ3n) is 4.50. The van der Waals surface area contributed by atoms with Crippen LogP contribution in [0, 0.1) is 24.7 Å². The van der Waals surface area contributed by atoms with E-state index in [1.807, 2.05) is 0 Å². The van der Waals surface area contributed by atoms with Crippen molar-refractivity contribution in [2.75, 3.05) is 0 Å². The van der Waals surface area contributed by atoms with E-state index in [2.05, 4.69) is 45.0 Å². The van der Waals surface area contributed by atoms with E-state index < -0.39 is 0 Å². The summed E-state index contributed by atoms with van der Waals surface area (Å²) >= 11 is 0. The van der Waals surface area contributed by atoms with Gasteiger partial charge in [-0.25, -0.2) is 0 Å². The van der Waals surface area contributed by atoms with Crippen LogP contribution in [0.3, 0.4) is 0 Å². The van der Waals surface area contributed by atoms with Gasteiger partial charge >= 0.3 is 0 Å². The molecule has 94 valence electrons. The fraction of sp³-hybridized carbons (Fsp3) is 0.625. The largest absolute Gasteiger partial charge is 0.388 e. The summed E-state index contributed by atoms with van der Waals surface area (Å²) in [7, 11) is 0. The molecule has 1 aromatic carbocycles. The van der Waals surface area contributed by atoms with Gasteiger partial charge in [-0.15, -0.1) is 0 Å². The second kappa shape index (κ2) is 5.22. The number of aryl methyl sites for hydroxylation is 1. The highest BCUT2D eigenvalue weighted by atomic mass is 16.3. The van der Waals surface area contributed by atoms with Crippen molar-refractivity contribution in [2.24, 2.45) is 17.8 Å². The minimum atomic E-state index is -0.273. The van der Waals surface area contributed by atoms with Gasteiger partial charge in [-0.1, -0.05) is 50.1 Å². The summed E-state index contributed by atoms with van der Waals surface area (Å²) < 4.78 is 0. The first-order valence-corrected chi connectivity index (χ1v) is 6.82. The van der Waals surface area contributed by atoms with E-state index in [9.17, 15) is 5.11 Å².